The van der Waals surface area contributed by atoms with Crippen LogP contribution >= 0.6 is 11.3 Å². The number of carbonyl (C=O) groups is 1. The number of halogens is 3. The summed E-state index contributed by atoms with van der Waals surface area (Å²) in [5, 5.41) is 5.82. The molecule has 4 rings (SSSR count). The van der Waals surface area contributed by atoms with Crippen molar-refractivity contribution in [2.45, 2.75) is 19.5 Å². The molecule has 0 saturated heterocycles. The summed E-state index contributed by atoms with van der Waals surface area (Å²) in [6.07, 6.45) is -2.35. The summed E-state index contributed by atoms with van der Waals surface area (Å²) in [7, 11) is 1.25. The van der Waals surface area contributed by atoms with Gasteiger partial charge in [-0.2, -0.15) is 13.2 Å². The van der Waals surface area contributed by atoms with Gasteiger partial charge in [0.05, 0.1) is 18.1 Å². The molecule has 0 aliphatic carbocycles. The lowest BCUT2D eigenvalue weighted by Crippen LogP contribution is -2.20. The number of nitrogens with one attached hydrogen (secondary N) is 2. The number of benzene rings is 2. The number of carbonyl (C=O) groups excluding carboxylic acids is 1. The van der Waals surface area contributed by atoms with Crippen LogP contribution in [0.3, 0.4) is 0 Å². The second-order valence-corrected chi connectivity index (χ2v) is 8.38. The van der Waals surface area contributed by atoms with Crippen molar-refractivity contribution in [1.82, 2.24) is 9.97 Å². The lowest BCUT2D eigenvalue weighted by atomic mass is 10.0. The van der Waals surface area contributed by atoms with Crippen LogP contribution in [0.2, 0.25) is 0 Å². The van der Waals surface area contributed by atoms with Gasteiger partial charge in [0, 0.05) is 27.9 Å². The molecular weight excluding hydrogens is 467 g/mol. The molecule has 2 heterocycles. The van der Waals surface area contributed by atoms with Crippen molar-refractivity contribution < 1.29 is 22.7 Å². The lowest BCUT2D eigenvalue weighted by Gasteiger charge is -2.13. The number of rotatable bonds is 5. The average Bonchev–Trinajstić information content (AvgIpc) is 3.18. The van der Waals surface area contributed by atoms with Crippen molar-refractivity contribution in [2.75, 3.05) is 23.5 Å². The Bertz CT molecular complexity index is 1350. The quantitative estimate of drug-likeness (QED) is 0.312. The third-order valence-electron chi connectivity index (χ3n) is 5.07. The Morgan fingerprint density at radius 2 is 1.79 bits per heavy atom. The van der Waals surface area contributed by atoms with Gasteiger partial charge < -0.3 is 21.1 Å². The SMILES string of the molecule is CCc1sc2ncnc(N)c2c1-c1ccc(NC(=O)Nc2cc(OC)cc(C(F)(F)F)c2)cc1. The predicted octanol–water partition coefficient (Wildman–Crippen LogP) is 6.17. The number of fused-ring (bicyclic) bond motifs is 1. The molecule has 2 aromatic heterocycles. The van der Waals surface area contributed by atoms with E-state index in [1.54, 1.807) is 23.5 Å². The molecule has 0 saturated carbocycles. The second kappa shape index (κ2) is 9.18. The summed E-state index contributed by atoms with van der Waals surface area (Å²) >= 11 is 1.55. The first kappa shape index (κ1) is 23.3. The van der Waals surface area contributed by atoms with Crippen LogP contribution in [0.5, 0.6) is 5.75 Å². The van der Waals surface area contributed by atoms with Gasteiger partial charge in [-0.3, -0.25) is 0 Å². The van der Waals surface area contributed by atoms with Crippen molar-refractivity contribution in [3.05, 3.63) is 59.2 Å². The minimum atomic E-state index is -4.57. The number of aryl methyl sites for hydroxylation is 1. The fraction of sp³-hybridized carbons (Fsp3) is 0.174. The largest absolute Gasteiger partial charge is 0.497 e. The van der Waals surface area contributed by atoms with Crippen molar-refractivity contribution >= 4 is 44.8 Å². The molecule has 0 bridgehead atoms. The van der Waals surface area contributed by atoms with Crippen LogP contribution in [-0.4, -0.2) is 23.1 Å². The normalized spacial score (nSPS) is 11.4. The number of ether oxygens (including phenoxy) is 1. The predicted molar refractivity (Wildman–Crippen MR) is 127 cm³/mol. The van der Waals surface area contributed by atoms with E-state index in [0.29, 0.717) is 11.5 Å². The second-order valence-electron chi connectivity index (χ2n) is 7.30. The first-order chi connectivity index (χ1) is 16.2. The number of nitrogen functional groups attached to an aromatic ring is 1. The van der Waals surface area contributed by atoms with E-state index in [9.17, 15) is 18.0 Å². The molecule has 11 heteroatoms. The molecule has 2 amide bonds. The molecule has 0 unspecified atom stereocenters. The molecule has 0 radical (unpaired) electrons. The van der Waals surface area contributed by atoms with Gasteiger partial charge in [-0.05, 0) is 36.2 Å². The highest BCUT2D eigenvalue weighted by atomic mass is 32.1. The van der Waals surface area contributed by atoms with E-state index in [-0.39, 0.29) is 11.4 Å². The monoisotopic (exact) mass is 487 g/mol. The Morgan fingerprint density at radius 1 is 1.09 bits per heavy atom. The van der Waals surface area contributed by atoms with E-state index in [1.807, 2.05) is 19.1 Å². The van der Waals surface area contributed by atoms with Gasteiger partial charge in [0.15, 0.2) is 0 Å². The van der Waals surface area contributed by atoms with E-state index in [0.717, 1.165) is 44.8 Å². The first-order valence-corrected chi connectivity index (χ1v) is 11.0. The number of urea groups is 1. The lowest BCUT2D eigenvalue weighted by molar-refractivity contribution is -0.137. The fourth-order valence-electron chi connectivity index (χ4n) is 3.52. The van der Waals surface area contributed by atoms with E-state index in [1.165, 1.54) is 19.5 Å². The smallest absolute Gasteiger partial charge is 0.416 e. The van der Waals surface area contributed by atoms with E-state index in [4.69, 9.17) is 10.5 Å². The Morgan fingerprint density at radius 3 is 2.44 bits per heavy atom. The van der Waals surface area contributed by atoms with Gasteiger partial charge in [-0.25, -0.2) is 14.8 Å². The Kier molecular flexibility index (Phi) is 6.29. The zero-order chi connectivity index (χ0) is 24.5. The third kappa shape index (κ3) is 4.74. The summed E-state index contributed by atoms with van der Waals surface area (Å²) in [5.41, 5.74) is 7.43. The van der Waals surface area contributed by atoms with Gasteiger partial charge in [0.25, 0.3) is 0 Å². The molecule has 0 aliphatic rings. The highest BCUT2D eigenvalue weighted by molar-refractivity contribution is 7.19. The first-order valence-electron chi connectivity index (χ1n) is 10.2. The Balaban J connectivity index is 1.55. The maximum absolute atomic E-state index is 13.1. The number of amides is 2. The van der Waals surface area contributed by atoms with Gasteiger partial charge in [-0.15, -0.1) is 11.3 Å². The van der Waals surface area contributed by atoms with Crippen molar-refractivity contribution in [1.29, 1.82) is 0 Å². The van der Waals surface area contributed by atoms with Gasteiger partial charge in [0.1, 0.15) is 22.7 Å². The number of alkyl halides is 3. The summed E-state index contributed by atoms with van der Waals surface area (Å²) in [4.78, 5) is 22.7. The van der Waals surface area contributed by atoms with Crippen LogP contribution < -0.4 is 21.1 Å². The molecule has 7 nitrogen and oxygen atoms in total. The van der Waals surface area contributed by atoms with Crippen LogP contribution in [0.1, 0.15) is 17.4 Å². The number of hydrogen-bond acceptors (Lipinski definition) is 6. The molecule has 0 aliphatic heterocycles. The maximum Gasteiger partial charge on any atom is 0.416 e. The molecule has 4 aromatic rings. The molecule has 34 heavy (non-hydrogen) atoms. The fourth-order valence-corrected chi connectivity index (χ4v) is 4.63. The minimum Gasteiger partial charge on any atom is -0.497 e. The average molecular weight is 488 g/mol. The van der Waals surface area contributed by atoms with Crippen LogP contribution in [0.4, 0.5) is 35.2 Å². The molecular formula is C23H20F3N5O2S. The summed E-state index contributed by atoms with van der Waals surface area (Å²) < 4.78 is 44.2. The zero-order valence-electron chi connectivity index (χ0n) is 18.2. The minimum absolute atomic E-state index is 0.0209. The summed E-state index contributed by atoms with van der Waals surface area (Å²) in [6.45, 7) is 2.04. The van der Waals surface area contributed by atoms with Crippen molar-refractivity contribution in [2.24, 2.45) is 0 Å². The standard InChI is InChI=1S/C23H20F3N5O2S/c1-3-17-18(19-20(27)28-11-29-21(19)34-17)12-4-6-14(7-5-12)30-22(32)31-15-8-13(23(24,25)26)9-16(10-15)33-2/h4-11H,3H2,1-2H3,(H2,27,28,29)(H2,30,31,32). The van der Waals surface area contributed by atoms with Crippen LogP contribution in [0.25, 0.3) is 21.3 Å². The number of anilines is 3. The van der Waals surface area contributed by atoms with Crippen molar-refractivity contribution in [3.63, 3.8) is 0 Å². The maximum atomic E-state index is 13.1. The Hall–Kier alpha value is -3.86. The Labute approximate surface area is 196 Å². The molecule has 2 aromatic carbocycles. The highest BCUT2D eigenvalue weighted by Crippen LogP contribution is 2.40. The number of aromatic nitrogens is 2. The van der Waals surface area contributed by atoms with E-state index >= 15 is 0 Å². The number of nitrogens with zero attached hydrogens (tertiary/aromatic N) is 2. The van der Waals surface area contributed by atoms with Gasteiger partial charge in [-0.1, -0.05) is 19.1 Å². The number of hydrogen-bond donors (Lipinski definition) is 3. The molecule has 176 valence electrons. The van der Waals surface area contributed by atoms with Gasteiger partial charge >= 0.3 is 12.2 Å². The number of nitrogens with two attached hydrogens (primary N) is 1. The zero-order valence-corrected chi connectivity index (χ0v) is 19.0. The van der Waals surface area contributed by atoms with E-state index in [2.05, 4.69) is 20.6 Å². The van der Waals surface area contributed by atoms with Crippen molar-refractivity contribution in [3.8, 4) is 16.9 Å². The van der Waals surface area contributed by atoms with Crippen LogP contribution in [0, 0.1) is 0 Å². The number of methoxy groups -OCH3 is 1. The molecule has 0 spiro atoms. The highest BCUT2D eigenvalue weighted by Gasteiger charge is 2.31. The van der Waals surface area contributed by atoms with Crippen LogP contribution in [-0.2, 0) is 12.6 Å². The molecule has 0 atom stereocenters. The summed E-state index contributed by atoms with van der Waals surface area (Å²) in [6, 6.07) is 9.37. The molecule has 0 fully saturated rings. The topological polar surface area (TPSA) is 102 Å². The van der Waals surface area contributed by atoms with Crippen LogP contribution in [0.15, 0.2) is 48.8 Å². The van der Waals surface area contributed by atoms with Gasteiger partial charge in [0.2, 0.25) is 0 Å². The third-order valence-corrected chi connectivity index (χ3v) is 6.31. The molecule has 4 N–H and O–H groups in total. The number of thiophene rings is 1. The summed E-state index contributed by atoms with van der Waals surface area (Å²) in [5.74, 6) is 0.376. The van der Waals surface area contributed by atoms with E-state index < -0.39 is 17.8 Å².